The fourth-order valence-electron chi connectivity index (χ4n) is 2.92. The number of halogens is 1. The lowest BCUT2D eigenvalue weighted by atomic mass is 10.0. The highest BCUT2D eigenvalue weighted by Gasteiger charge is 2.10. The van der Waals surface area contributed by atoms with E-state index in [1.807, 2.05) is 30.3 Å². The van der Waals surface area contributed by atoms with Gasteiger partial charge in [0, 0.05) is 12.2 Å². The first kappa shape index (κ1) is 20.4. The average Bonchev–Trinajstić information content (AvgIpc) is 2.73. The molecule has 3 rings (SSSR count). The summed E-state index contributed by atoms with van der Waals surface area (Å²) in [5.74, 6) is 0.711. The molecular weight excluding hydrogens is 371 g/mol. The molecule has 5 nitrogen and oxygen atoms in total. The fourth-order valence-corrected chi connectivity index (χ4v) is 2.92. The van der Waals surface area contributed by atoms with Crippen LogP contribution in [0.3, 0.4) is 0 Å². The fraction of sp³-hybridized carbons (Fsp3) is 0.174. The van der Waals surface area contributed by atoms with Crippen LogP contribution in [0.1, 0.15) is 5.56 Å². The second-order valence-electron chi connectivity index (χ2n) is 6.43. The van der Waals surface area contributed by atoms with Gasteiger partial charge in [0.2, 0.25) is 5.91 Å². The quantitative estimate of drug-likeness (QED) is 0.605. The average molecular weight is 394 g/mol. The maximum Gasteiger partial charge on any atom is 0.228 e. The first-order chi connectivity index (χ1) is 14.1. The van der Waals surface area contributed by atoms with Crippen LogP contribution in [0.25, 0.3) is 11.1 Å². The summed E-state index contributed by atoms with van der Waals surface area (Å²) in [7, 11) is 1.55. The van der Waals surface area contributed by atoms with Crippen molar-refractivity contribution in [1.29, 1.82) is 0 Å². The molecule has 0 radical (unpaired) electrons. The van der Waals surface area contributed by atoms with Crippen molar-refractivity contribution in [1.82, 2.24) is 0 Å². The molecule has 0 aliphatic heterocycles. The van der Waals surface area contributed by atoms with E-state index in [1.54, 1.807) is 31.4 Å². The number of amides is 1. The van der Waals surface area contributed by atoms with E-state index in [2.05, 4.69) is 5.32 Å². The van der Waals surface area contributed by atoms with Gasteiger partial charge in [0.15, 0.2) is 11.5 Å². The second kappa shape index (κ2) is 9.71. The number of rotatable bonds is 8. The van der Waals surface area contributed by atoms with Crippen molar-refractivity contribution in [2.75, 3.05) is 25.6 Å². The summed E-state index contributed by atoms with van der Waals surface area (Å²) >= 11 is 0. The molecule has 3 N–H and O–H groups in total. The van der Waals surface area contributed by atoms with E-state index in [1.165, 1.54) is 12.1 Å². The Kier molecular flexibility index (Phi) is 6.81. The summed E-state index contributed by atoms with van der Waals surface area (Å²) < 4.78 is 24.0. The highest BCUT2D eigenvalue weighted by Crippen LogP contribution is 2.28. The first-order valence-corrected chi connectivity index (χ1v) is 9.24. The zero-order chi connectivity index (χ0) is 20.6. The van der Waals surface area contributed by atoms with Crippen LogP contribution in [0.5, 0.6) is 11.5 Å². The van der Waals surface area contributed by atoms with Gasteiger partial charge in [0.05, 0.1) is 13.5 Å². The highest BCUT2D eigenvalue weighted by atomic mass is 19.1. The number of ether oxygens (including phenoxy) is 2. The molecule has 0 heterocycles. The van der Waals surface area contributed by atoms with Crippen LogP contribution in [0.15, 0.2) is 66.7 Å². The zero-order valence-electron chi connectivity index (χ0n) is 16.2. The topological polar surface area (TPSA) is 73.6 Å². The van der Waals surface area contributed by atoms with Gasteiger partial charge in [-0.1, -0.05) is 30.3 Å². The molecule has 0 aliphatic carbocycles. The summed E-state index contributed by atoms with van der Waals surface area (Å²) in [5, 5.41) is 2.90. The number of nitrogens with two attached hydrogens (primary N) is 1. The van der Waals surface area contributed by atoms with Crippen molar-refractivity contribution in [3.63, 3.8) is 0 Å². The molecule has 1 amide bonds. The smallest absolute Gasteiger partial charge is 0.228 e. The van der Waals surface area contributed by atoms with Crippen molar-refractivity contribution in [3.05, 3.63) is 78.1 Å². The van der Waals surface area contributed by atoms with Crippen LogP contribution >= 0.6 is 0 Å². The van der Waals surface area contributed by atoms with E-state index >= 15 is 0 Å². The van der Waals surface area contributed by atoms with E-state index in [9.17, 15) is 9.18 Å². The summed E-state index contributed by atoms with van der Waals surface area (Å²) in [4.78, 5) is 12.5. The maximum atomic E-state index is 13.1. The van der Waals surface area contributed by atoms with E-state index in [0.717, 1.165) is 16.7 Å². The predicted molar refractivity (Wildman–Crippen MR) is 112 cm³/mol. The predicted octanol–water partition coefficient (Wildman–Crippen LogP) is 4.02. The van der Waals surface area contributed by atoms with Gasteiger partial charge in [0.1, 0.15) is 12.4 Å². The lowest BCUT2D eigenvalue weighted by molar-refractivity contribution is -0.115. The molecule has 0 atom stereocenters. The molecule has 0 aliphatic rings. The Morgan fingerprint density at radius 3 is 2.52 bits per heavy atom. The van der Waals surface area contributed by atoms with E-state index in [0.29, 0.717) is 30.3 Å². The van der Waals surface area contributed by atoms with Gasteiger partial charge in [-0.2, -0.15) is 0 Å². The third kappa shape index (κ3) is 5.56. The van der Waals surface area contributed by atoms with Crippen molar-refractivity contribution in [2.24, 2.45) is 5.73 Å². The Bertz CT molecular complexity index is 974. The van der Waals surface area contributed by atoms with Gasteiger partial charge in [-0.15, -0.1) is 0 Å². The summed E-state index contributed by atoms with van der Waals surface area (Å²) in [6.45, 7) is 0.797. The van der Waals surface area contributed by atoms with E-state index in [4.69, 9.17) is 15.2 Å². The molecule has 0 unspecified atom stereocenters. The molecule has 29 heavy (non-hydrogen) atoms. The number of hydrogen-bond donors (Lipinski definition) is 2. The number of anilines is 1. The van der Waals surface area contributed by atoms with Gasteiger partial charge in [0.25, 0.3) is 0 Å². The van der Waals surface area contributed by atoms with Crippen LogP contribution < -0.4 is 20.5 Å². The Morgan fingerprint density at radius 1 is 1.00 bits per heavy atom. The zero-order valence-corrected chi connectivity index (χ0v) is 16.2. The molecule has 0 fully saturated rings. The van der Waals surface area contributed by atoms with Gasteiger partial charge in [-0.25, -0.2) is 4.39 Å². The summed E-state index contributed by atoms with van der Waals surface area (Å²) in [5.41, 5.74) is 8.70. The normalized spacial score (nSPS) is 10.4. The van der Waals surface area contributed by atoms with Crippen molar-refractivity contribution in [2.45, 2.75) is 6.42 Å². The summed E-state index contributed by atoms with van der Waals surface area (Å²) in [6, 6.07) is 19.0. The largest absolute Gasteiger partial charge is 0.493 e. The minimum atomic E-state index is -0.284. The van der Waals surface area contributed by atoms with Crippen molar-refractivity contribution in [3.8, 4) is 22.6 Å². The molecule has 0 bridgehead atoms. The Labute approximate surface area is 169 Å². The lowest BCUT2D eigenvalue weighted by Crippen LogP contribution is -2.14. The van der Waals surface area contributed by atoms with Crippen LogP contribution in [-0.4, -0.2) is 26.2 Å². The van der Waals surface area contributed by atoms with Crippen LogP contribution in [0, 0.1) is 5.82 Å². The Hall–Kier alpha value is -3.38. The van der Waals surface area contributed by atoms with Gasteiger partial charge in [-0.05, 0) is 53.1 Å². The molecule has 3 aromatic rings. The third-order valence-corrected chi connectivity index (χ3v) is 4.29. The molecule has 0 saturated carbocycles. The van der Waals surface area contributed by atoms with Crippen LogP contribution in [0.4, 0.5) is 10.1 Å². The Morgan fingerprint density at radius 2 is 1.79 bits per heavy atom. The monoisotopic (exact) mass is 394 g/mol. The second-order valence-corrected chi connectivity index (χ2v) is 6.43. The number of hydrogen-bond acceptors (Lipinski definition) is 4. The first-order valence-electron chi connectivity index (χ1n) is 9.24. The minimum Gasteiger partial charge on any atom is -0.493 e. The lowest BCUT2D eigenvalue weighted by Gasteiger charge is -2.12. The van der Waals surface area contributed by atoms with E-state index < -0.39 is 0 Å². The van der Waals surface area contributed by atoms with E-state index in [-0.39, 0.29) is 18.1 Å². The molecule has 0 aromatic heterocycles. The number of benzene rings is 3. The molecule has 0 spiro atoms. The number of carbonyl (C=O) groups is 1. The van der Waals surface area contributed by atoms with Crippen LogP contribution in [0.2, 0.25) is 0 Å². The third-order valence-electron chi connectivity index (χ3n) is 4.29. The maximum absolute atomic E-state index is 13.1. The van der Waals surface area contributed by atoms with Crippen molar-refractivity contribution >= 4 is 11.6 Å². The van der Waals surface area contributed by atoms with Gasteiger partial charge < -0.3 is 20.5 Å². The number of carbonyl (C=O) groups excluding carboxylic acids is 1. The van der Waals surface area contributed by atoms with Crippen LogP contribution in [-0.2, 0) is 11.2 Å². The summed E-state index contributed by atoms with van der Waals surface area (Å²) in [6.07, 6.45) is 0.189. The minimum absolute atomic E-state index is 0.154. The molecule has 150 valence electrons. The molecular formula is C23H23FN2O3. The van der Waals surface area contributed by atoms with Gasteiger partial charge in [-0.3, -0.25) is 4.79 Å². The molecule has 0 saturated heterocycles. The molecule has 3 aromatic carbocycles. The number of methoxy groups -OCH3 is 1. The SMILES string of the molecule is COc1cc(CC(=O)Nc2cccc(-c3ccc(F)cc3)c2)ccc1OCCN. The Balaban J connectivity index is 1.68. The molecule has 6 heteroatoms. The highest BCUT2D eigenvalue weighted by molar-refractivity contribution is 5.93. The van der Waals surface area contributed by atoms with Gasteiger partial charge >= 0.3 is 0 Å². The standard InChI is InChI=1S/C23H23FN2O3/c1-28-22-13-16(5-10-21(22)29-12-11-25)14-23(27)26-20-4-2-3-18(15-20)17-6-8-19(24)9-7-17/h2-10,13,15H,11-12,14,25H2,1H3,(H,26,27). The van der Waals surface area contributed by atoms with Crippen molar-refractivity contribution < 1.29 is 18.7 Å². The number of nitrogens with one attached hydrogen (secondary N) is 1.